The smallest absolute Gasteiger partial charge is 0.115 e. The topological polar surface area (TPSA) is 47.0 Å². The maximum absolute atomic E-state index is 5.10. The Morgan fingerprint density at radius 1 is 1.36 bits per heavy atom. The van der Waals surface area contributed by atoms with Gasteiger partial charge in [-0.25, -0.2) is 9.97 Å². The fourth-order valence-electron chi connectivity index (χ4n) is 1.17. The summed E-state index contributed by atoms with van der Waals surface area (Å²) in [5.74, 6) is 0. The Hall–Kier alpha value is -1.00. The number of nitrogens with one attached hydrogen (secondary N) is 1. The summed E-state index contributed by atoms with van der Waals surface area (Å²) in [5.41, 5.74) is 1.06. The monoisotopic (exact) mass is 195 g/mol. The van der Waals surface area contributed by atoms with E-state index >= 15 is 0 Å². The molecule has 0 fully saturated rings. The molecular formula is C10H17N3O. The first kappa shape index (κ1) is 11.1. The summed E-state index contributed by atoms with van der Waals surface area (Å²) >= 11 is 0. The summed E-state index contributed by atoms with van der Waals surface area (Å²) < 4.78 is 5.10. The van der Waals surface area contributed by atoms with Crippen molar-refractivity contribution in [2.45, 2.75) is 25.9 Å². The lowest BCUT2D eigenvalue weighted by molar-refractivity contribution is 0.127. The lowest BCUT2D eigenvalue weighted by Gasteiger charge is -2.25. The van der Waals surface area contributed by atoms with E-state index in [1.165, 1.54) is 6.33 Å². The zero-order valence-electron chi connectivity index (χ0n) is 8.95. The highest BCUT2D eigenvalue weighted by Crippen LogP contribution is 2.04. The van der Waals surface area contributed by atoms with Crippen LogP contribution in [0.25, 0.3) is 0 Å². The Labute approximate surface area is 84.7 Å². The van der Waals surface area contributed by atoms with Crippen LogP contribution in [0.4, 0.5) is 0 Å². The second kappa shape index (κ2) is 5.02. The molecule has 1 N–H and O–H groups in total. The maximum atomic E-state index is 5.10. The molecule has 0 aliphatic heterocycles. The maximum Gasteiger partial charge on any atom is 0.115 e. The Balaban J connectivity index is 2.40. The molecule has 1 aromatic rings. The van der Waals surface area contributed by atoms with Crippen LogP contribution < -0.4 is 5.32 Å². The average molecular weight is 195 g/mol. The van der Waals surface area contributed by atoms with Crippen molar-refractivity contribution in [2.75, 3.05) is 13.7 Å². The second-order valence-electron chi connectivity index (χ2n) is 3.92. The first-order valence-corrected chi connectivity index (χ1v) is 4.62. The number of ether oxygens (including phenoxy) is 1. The largest absolute Gasteiger partial charge is 0.383 e. The molecule has 0 bridgehead atoms. The van der Waals surface area contributed by atoms with Crippen LogP contribution in [0.5, 0.6) is 0 Å². The molecule has 0 atom stereocenters. The van der Waals surface area contributed by atoms with Gasteiger partial charge in [0.1, 0.15) is 6.33 Å². The lowest BCUT2D eigenvalue weighted by atomic mass is 10.1. The normalized spacial score (nSPS) is 11.6. The minimum absolute atomic E-state index is 0.0232. The van der Waals surface area contributed by atoms with Crippen LogP contribution in [-0.4, -0.2) is 29.2 Å². The molecule has 14 heavy (non-hydrogen) atoms. The molecule has 4 heteroatoms. The van der Waals surface area contributed by atoms with Gasteiger partial charge in [-0.3, -0.25) is 0 Å². The lowest BCUT2D eigenvalue weighted by Crippen LogP contribution is -2.42. The summed E-state index contributed by atoms with van der Waals surface area (Å²) in [7, 11) is 1.70. The highest BCUT2D eigenvalue weighted by atomic mass is 16.5. The summed E-state index contributed by atoms with van der Waals surface area (Å²) in [6, 6.07) is 0. The van der Waals surface area contributed by atoms with E-state index in [2.05, 4.69) is 29.1 Å². The standard InChI is InChI=1S/C10H17N3O/c1-10(2,7-14-3)13-6-9-4-11-8-12-5-9/h4-5,8,13H,6-7H2,1-3H3. The van der Waals surface area contributed by atoms with Crippen LogP contribution in [0.2, 0.25) is 0 Å². The van der Waals surface area contributed by atoms with Crippen molar-refractivity contribution in [3.05, 3.63) is 24.3 Å². The second-order valence-corrected chi connectivity index (χ2v) is 3.92. The third-order valence-corrected chi connectivity index (χ3v) is 1.89. The van der Waals surface area contributed by atoms with Gasteiger partial charge < -0.3 is 10.1 Å². The van der Waals surface area contributed by atoms with Gasteiger partial charge in [-0.05, 0) is 13.8 Å². The predicted molar refractivity (Wildman–Crippen MR) is 54.8 cm³/mol. The number of rotatable bonds is 5. The number of aromatic nitrogens is 2. The molecule has 0 spiro atoms. The van der Waals surface area contributed by atoms with E-state index in [4.69, 9.17) is 4.74 Å². The van der Waals surface area contributed by atoms with Gasteiger partial charge in [0.05, 0.1) is 6.61 Å². The van der Waals surface area contributed by atoms with Gasteiger partial charge in [-0.1, -0.05) is 0 Å². The van der Waals surface area contributed by atoms with Crippen molar-refractivity contribution in [3.8, 4) is 0 Å². The van der Waals surface area contributed by atoms with Crippen LogP contribution >= 0.6 is 0 Å². The summed E-state index contributed by atoms with van der Waals surface area (Å²) in [6.07, 6.45) is 5.15. The van der Waals surface area contributed by atoms with Crippen LogP contribution in [0.15, 0.2) is 18.7 Å². The van der Waals surface area contributed by atoms with Crippen molar-refractivity contribution in [1.82, 2.24) is 15.3 Å². The van der Waals surface area contributed by atoms with E-state index < -0.39 is 0 Å². The minimum Gasteiger partial charge on any atom is -0.383 e. The minimum atomic E-state index is -0.0232. The summed E-state index contributed by atoms with van der Waals surface area (Å²) in [5, 5.41) is 3.37. The zero-order valence-corrected chi connectivity index (χ0v) is 8.95. The number of hydrogen-bond donors (Lipinski definition) is 1. The van der Waals surface area contributed by atoms with Gasteiger partial charge in [-0.15, -0.1) is 0 Å². The van der Waals surface area contributed by atoms with Crippen LogP contribution in [0.3, 0.4) is 0 Å². The van der Waals surface area contributed by atoms with Gasteiger partial charge in [0.15, 0.2) is 0 Å². The molecule has 4 nitrogen and oxygen atoms in total. The molecule has 0 amide bonds. The van der Waals surface area contributed by atoms with Gasteiger partial charge >= 0.3 is 0 Å². The van der Waals surface area contributed by atoms with E-state index in [9.17, 15) is 0 Å². The Morgan fingerprint density at radius 3 is 2.57 bits per heavy atom. The Kier molecular flexibility index (Phi) is 3.98. The summed E-state index contributed by atoms with van der Waals surface area (Å²) in [4.78, 5) is 7.90. The van der Waals surface area contributed by atoms with Crippen LogP contribution in [0.1, 0.15) is 19.4 Å². The Morgan fingerprint density at radius 2 is 2.00 bits per heavy atom. The number of nitrogens with zero attached hydrogens (tertiary/aromatic N) is 2. The van der Waals surface area contributed by atoms with Gasteiger partial charge in [0, 0.05) is 37.2 Å². The third-order valence-electron chi connectivity index (χ3n) is 1.89. The van der Waals surface area contributed by atoms with Gasteiger partial charge in [0.2, 0.25) is 0 Å². The van der Waals surface area contributed by atoms with E-state index in [0.29, 0.717) is 6.61 Å². The average Bonchev–Trinajstić information content (AvgIpc) is 2.17. The van der Waals surface area contributed by atoms with Crippen molar-refractivity contribution in [1.29, 1.82) is 0 Å². The molecule has 1 rings (SSSR count). The van der Waals surface area contributed by atoms with E-state index in [0.717, 1.165) is 12.1 Å². The Bertz CT molecular complexity index is 261. The molecule has 0 aliphatic rings. The van der Waals surface area contributed by atoms with Crippen molar-refractivity contribution in [3.63, 3.8) is 0 Å². The molecular weight excluding hydrogens is 178 g/mol. The van der Waals surface area contributed by atoms with E-state index in [1.807, 2.05) is 12.4 Å². The first-order chi connectivity index (χ1) is 6.64. The SMILES string of the molecule is COCC(C)(C)NCc1cncnc1. The van der Waals surface area contributed by atoms with E-state index in [1.54, 1.807) is 7.11 Å². The van der Waals surface area contributed by atoms with Gasteiger partial charge in [-0.2, -0.15) is 0 Å². The fourth-order valence-corrected chi connectivity index (χ4v) is 1.17. The highest BCUT2D eigenvalue weighted by molar-refractivity contribution is 5.02. The molecule has 0 aliphatic carbocycles. The molecule has 0 radical (unpaired) electrons. The number of methoxy groups -OCH3 is 1. The first-order valence-electron chi connectivity index (χ1n) is 4.62. The fraction of sp³-hybridized carbons (Fsp3) is 0.600. The van der Waals surface area contributed by atoms with Gasteiger partial charge in [0.25, 0.3) is 0 Å². The van der Waals surface area contributed by atoms with Crippen molar-refractivity contribution >= 4 is 0 Å². The molecule has 0 unspecified atom stereocenters. The molecule has 1 aromatic heterocycles. The molecule has 0 saturated heterocycles. The molecule has 0 saturated carbocycles. The van der Waals surface area contributed by atoms with Crippen molar-refractivity contribution < 1.29 is 4.74 Å². The van der Waals surface area contributed by atoms with Crippen molar-refractivity contribution in [2.24, 2.45) is 0 Å². The number of hydrogen-bond acceptors (Lipinski definition) is 4. The molecule has 0 aromatic carbocycles. The third kappa shape index (κ3) is 3.81. The summed E-state index contributed by atoms with van der Waals surface area (Å²) in [6.45, 7) is 5.64. The van der Waals surface area contributed by atoms with Crippen LogP contribution in [0, 0.1) is 0 Å². The zero-order chi connectivity index (χ0) is 10.4. The van der Waals surface area contributed by atoms with E-state index in [-0.39, 0.29) is 5.54 Å². The highest BCUT2D eigenvalue weighted by Gasteiger charge is 2.15. The predicted octanol–water partition coefficient (Wildman–Crippen LogP) is 0.991. The molecule has 78 valence electrons. The molecule has 1 heterocycles. The van der Waals surface area contributed by atoms with Crippen LogP contribution in [-0.2, 0) is 11.3 Å². The quantitative estimate of drug-likeness (QED) is 0.761.